The van der Waals surface area contributed by atoms with E-state index in [1.165, 1.54) is 5.56 Å². The number of nitrogens with one attached hydrogen (secondary N) is 1. The van der Waals surface area contributed by atoms with Gasteiger partial charge in [0.25, 0.3) is 0 Å². The van der Waals surface area contributed by atoms with Crippen LogP contribution in [-0.4, -0.2) is 9.97 Å². The first-order valence-corrected chi connectivity index (χ1v) is 6.57. The smallest absolute Gasteiger partial charge is 0.147 e. The van der Waals surface area contributed by atoms with Crippen LogP contribution in [0.3, 0.4) is 0 Å². The van der Waals surface area contributed by atoms with Gasteiger partial charge in [-0.15, -0.1) is 0 Å². The van der Waals surface area contributed by atoms with Gasteiger partial charge in [0, 0.05) is 11.9 Å². The third-order valence-corrected chi connectivity index (χ3v) is 3.27. The van der Waals surface area contributed by atoms with E-state index in [9.17, 15) is 0 Å². The van der Waals surface area contributed by atoms with Crippen molar-refractivity contribution in [1.82, 2.24) is 9.97 Å². The number of nitrogens with zero attached hydrogens (tertiary/aromatic N) is 2. The fraction of sp³-hybridized carbons (Fsp3) is 0.231. The summed E-state index contributed by atoms with van der Waals surface area (Å²) in [6.45, 7) is 4.38. The molecule has 1 heterocycles. The van der Waals surface area contributed by atoms with Crippen LogP contribution in [0.5, 0.6) is 0 Å². The fourth-order valence-corrected chi connectivity index (χ4v) is 1.95. The van der Waals surface area contributed by atoms with Gasteiger partial charge in [0.1, 0.15) is 12.1 Å². The second kappa shape index (κ2) is 5.44. The minimum absolute atomic E-state index is 0.529. The second-order valence-electron chi connectivity index (χ2n) is 4.12. The lowest BCUT2D eigenvalue weighted by atomic mass is 10.0. The van der Waals surface area contributed by atoms with Crippen molar-refractivity contribution in [2.45, 2.75) is 19.8 Å². The number of aromatic nitrogens is 2. The molecule has 0 atom stereocenters. The van der Waals surface area contributed by atoms with Crippen molar-refractivity contribution in [2.75, 3.05) is 5.32 Å². The third kappa shape index (κ3) is 3.15. The Hall–Kier alpha value is -1.17. The highest BCUT2D eigenvalue weighted by Gasteiger charge is 2.03. The van der Waals surface area contributed by atoms with Crippen molar-refractivity contribution in [3.8, 4) is 0 Å². The number of anilines is 2. The zero-order valence-corrected chi connectivity index (χ0v) is 12.0. The van der Waals surface area contributed by atoms with Gasteiger partial charge in [-0.2, -0.15) is 0 Å². The molecule has 0 aliphatic carbocycles. The minimum Gasteiger partial charge on any atom is -0.339 e. The molecule has 0 aliphatic rings. The summed E-state index contributed by atoms with van der Waals surface area (Å²) in [4.78, 5) is 8.19. The van der Waals surface area contributed by atoms with Crippen LogP contribution < -0.4 is 5.32 Å². The van der Waals surface area contributed by atoms with E-state index in [0.29, 0.717) is 5.92 Å². The second-order valence-corrected chi connectivity index (χ2v) is 5.29. The standard InChI is InChI=1S/C13H14IN3/c1-9(2)10-4-3-5-11(6-10)17-13-12(14)7-15-8-16-13/h3-9H,1-2H3,(H,15,16,17). The molecule has 0 radical (unpaired) electrons. The molecule has 1 aromatic carbocycles. The molecule has 0 fully saturated rings. The summed E-state index contributed by atoms with van der Waals surface area (Å²) in [5, 5.41) is 3.31. The van der Waals surface area contributed by atoms with Crippen molar-refractivity contribution in [3.05, 3.63) is 45.9 Å². The zero-order chi connectivity index (χ0) is 12.3. The van der Waals surface area contributed by atoms with Gasteiger partial charge in [-0.3, -0.25) is 0 Å². The van der Waals surface area contributed by atoms with E-state index in [0.717, 1.165) is 15.1 Å². The number of benzene rings is 1. The van der Waals surface area contributed by atoms with E-state index in [-0.39, 0.29) is 0 Å². The Balaban J connectivity index is 2.25. The van der Waals surface area contributed by atoms with Gasteiger partial charge in [-0.25, -0.2) is 9.97 Å². The lowest BCUT2D eigenvalue weighted by Crippen LogP contribution is -1.98. The van der Waals surface area contributed by atoms with Crippen LogP contribution in [0.4, 0.5) is 11.5 Å². The summed E-state index contributed by atoms with van der Waals surface area (Å²) in [7, 11) is 0. The van der Waals surface area contributed by atoms with Crippen LogP contribution in [-0.2, 0) is 0 Å². The van der Waals surface area contributed by atoms with Gasteiger partial charge < -0.3 is 5.32 Å². The predicted octanol–water partition coefficient (Wildman–Crippen LogP) is 3.95. The maximum absolute atomic E-state index is 4.22. The molecular formula is C13H14IN3. The molecule has 0 aliphatic heterocycles. The van der Waals surface area contributed by atoms with Gasteiger partial charge in [0.05, 0.1) is 3.57 Å². The Morgan fingerprint density at radius 1 is 1.29 bits per heavy atom. The Kier molecular flexibility index (Phi) is 3.93. The molecular weight excluding hydrogens is 325 g/mol. The molecule has 1 N–H and O–H groups in total. The summed E-state index contributed by atoms with van der Waals surface area (Å²) >= 11 is 2.22. The Morgan fingerprint density at radius 2 is 2.12 bits per heavy atom. The number of hydrogen-bond donors (Lipinski definition) is 1. The number of halogens is 1. The van der Waals surface area contributed by atoms with E-state index in [4.69, 9.17) is 0 Å². The molecule has 1 aromatic heterocycles. The predicted molar refractivity (Wildman–Crippen MR) is 78.6 cm³/mol. The van der Waals surface area contributed by atoms with Crippen molar-refractivity contribution >= 4 is 34.1 Å². The maximum Gasteiger partial charge on any atom is 0.147 e. The highest BCUT2D eigenvalue weighted by Crippen LogP contribution is 2.22. The molecule has 0 spiro atoms. The van der Waals surface area contributed by atoms with Crippen molar-refractivity contribution in [1.29, 1.82) is 0 Å². The van der Waals surface area contributed by atoms with Crippen LogP contribution in [0, 0.1) is 3.57 Å². The average molecular weight is 339 g/mol. The first kappa shape index (κ1) is 12.3. The number of rotatable bonds is 3. The highest BCUT2D eigenvalue weighted by molar-refractivity contribution is 14.1. The van der Waals surface area contributed by atoms with Crippen molar-refractivity contribution < 1.29 is 0 Å². The van der Waals surface area contributed by atoms with Gasteiger partial charge >= 0.3 is 0 Å². The van der Waals surface area contributed by atoms with Crippen LogP contribution in [0.2, 0.25) is 0 Å². The van der Waals surface area contributed by atoms with Crippen LogP contribution >= 0.6 is 22.6 Å². The van der Waals surface area contributed by atoms with Gasteiger partial charge in [0.2, 0.25) is 0 Å². The van der Waals surface area contributed by atoms with Crippen LogP contribution in [0.15, 0.2) is 36.8 Å². The summed E-state index contributed by atoms with van der Waals surface area (Å²) in [5.74, 6) is 1.38. The molecule has 3 nitrogen and oxygen atoms in total. The summed E-state index contributed by atoms with van der Waals surface area (Å²) in [6, 6.07) is 8.40. The highest BCUT2D eigenvalue weighted by atomic mass is 127. The van der Waals surface area contributed by atoms with Gasteiger partial charge in [-0.05, 0) is 46.2 Å². The SMILES string of the molecule is CC(C)c1cccc(Nc2ncncc2I)c1. The van der Waals surface area contributed by atoms with Crippen LogP contribution in [0.1, 0.15) is 25.3 Å². The largest absolute Gasteiger partial charge is 0.339 e. The minimum atomic E-state index is 0.529. The monoisotopic (exact) mass is 339 g/mol. The quantitative estimate of drug-likeness (QED) is 0.861. The van der Waals surface area contributed by atoms with E-state index >= 15 is 0 Å². The summed E-state index contributed by atoms with van der Waals surface area (Å²) in [6.07, 6.45) is 3.35. The van der Waals surface area contributed by atoms with E-state index < -0.39 is 0 Å². The molecule has 2 rings (SSSR count). The van der Waals surface area contributed by atoms with E-state index in [1.807, 2.05) is 6.07 Å². The Morgan fingerprint density at radius 3 is 2.82 bits per heavy atom. The normalized spacial score (nSPS) is 10.6. The zero-order valence-electron chi connectivity index (χ0n) is 9.81. The molecule has 17 heavy (non-hydrogen) atoms. The van der Waals surface area contributed by atoms with E-state index in [1.54, 1.807) is 12.5 Å². The fourth-order valence-electron chi connectivity index (χ4n) is 1.52. The summed E-state index contributed by atoms with van der Waals surface area (Å²) in [5.41, 5.74) is 2.38. The molecule has 0 saturated carbocycles. The molecule has 2 aromatic rings. The van der Waals surface area contributed by atoms with Crippen molar-refractivity contribution in [2.24, 2.45) is 0 Å². The lowest BCUT2D eigenvalue weighted by Gasteiger charge is -2.10. The first-order valence-electron chi connectivity index (χ1n) is 5.49. The van der Waals surface area contributed by atoms with Gasteiger partial charge in [0.15, 0.2) is 0 Å². The maximum atomic E-state index is 4.22. The molecule has 0 saturated heterocycles. The molecule has 4 heteroatoms. The molecule has 0 amide bonds. The Labute approximate surface area is 115 Å². The molecule has 0 bridgehead atoms. The topological polar surface area (TPSA) is 37.8 Å². The first-order chi connectivity index (χ1) is 8.16. The van der Waals surface area contributed by atoms with Crippen molar-refractivity contribution in [3.63, 3.8) is 0 Å². The van der Waals surface area contributed by atoms with E-state index in [2.05, 4.69) is 69.9 Å². The third-order valence-electron chi connectivity index (χ3n) is 2.48. The van der Waals surface area contributed by atoms with Crippen LogP contribution in [0.25, 0.3) is 0 Å². The average Bonchev–Trinajstić information content (AvgIpc) is 2.32. The lowest BCUT2D eigenvalue weighted by molar-refractivity contribution is 0.867. The Bertz CT molecular complexity index is 512. The molecule has 88 valence electrons. The van der Waals surface area contributed by atoms with Gasteiger partial charge in [-0.1, -0.05) is 26.0 Å². The molecule has 0 unspecified atom stereocenters. The summed E-state index contributed by atoms with van der Waals surface area (Å²) < 4.78 is 1.01. The number of hydrogen-bond acceptors (Lipinski definition) is 3.